The molecule has 1 saturated carbocycles. The molecule has 0 spiro atoms. The average Bonchev–Trinajstić information content (AvgIpc) is 2.52. The zero-order valence-corrected chi connectivity index (χ0v) is 12.2. The van der Waals surface area contributed by atoms with Crippen LogP contribution in [0.1, 0.15) is 44.6 Å². The fourth-order valence-electron chi connectivity index (χ4n) is 2.60. The van der Waals surface area contributed by atoms with Gasteiger partial charge in [-0.15, -0.1) is 0 Å². The number of benzene rings is 1. The molecule has 2 rings (SSSR count). The van der Waals surface area contributed by atoms with Crippen LogP contribution in [0.2, 0.25) is 0 Å². The highest BCUT2D eigenvalue weighted by atomic mass is 79.9. The molecule has 2 unspecified atom stereocenters. The minimum absolute atomic E-state index is 0.721. The lowest BCUT2D eigenvalue weighted by molar-refractivity contribution is 0.447. The van der Waals surface area contributed by atoms with Crippen molar-refractivity contribution in [2.75, 3.05) is 0 Å². The number of hydrogen-bond donors (Lipinski definition) is 1. The summed E-state index contributed by atoms with van der Waals surface area (Å²) in [7, 11) is 0. The zero-order valence-electron chi connectivity index (χ0n) is 10.6. The second kappa shape index (κ2) is 6.55. The van der Waals surface area contributed by atoms with Gasteiger partial charge in [0.05, 0.1) is 0 Å². The van der Waals surface area contributed by atoms with E-state index in [9.17, 15) is 0 Å². The molecule has 0 amide bonds. The van der Waals surface area contributed by atoms with E-state index in [1.54, 1.807) is 0 Å². The number of hydrogen-bond acceptors (Lipinski definition) is 1. The van der Waals surface area contributed by atoms with Crippen LogP contribution in [0.15, 0.2) is 28.7 Å². The molecule has 0 saturated heterocycles. The molecule has 94 valence electrons. The summed E-state index contributed by atoms with van der Waals surface area (Å²) in [5.74, 6) is 0.924. The van der Waals surface area contributed by atoms with E-state index < -0.39 is 0 Å². The second-order valence-corrected chi connectivity index (χ2v) is 6.24. The van der Waals surface area contributed by atoms with Crippen LogP contribution in [0.3, 0.4) is 0 Å². The Morgan fingerprint density at radius 3 is 2.94 bits per heavy atom. The van der Waals surface area contributed by atoms with Gasteiger partial charge in [-0.2, -0.15) is 0 Å². The molecule has 1 nitrogen and oxygen atoms in total. The highest BCUT2D eigenvalue weighted by Gasteiger charge is 2.15. The molecule has 1 aliphatic carbocycles. The van der Waals surface area contributed by atoms with Gasteiger partial charge < -0.3 is 5.32 Å². The molecular formula is C15H22BrN. The maximum Gasteiger partial charge on any atom is 0.0208 e. The Labute approximate surface area is 113 Å². The fraction of sp³-hybridized carbons (Fsp3) is 0.600. The maximum absolute atomic E-state index is 3.70. The Hall–Kier alpha value is -0.340. The molecule has 2 heteroatoms. The van der Waals surface area contributed by atoms with Gasteiger partial charge in [-0.25, -0.2) is 0 Å². The standard InChI is InChI=1S/C15H22BrN/c1-12-4-2-7-15(9-8-12)17-11-13-5-3-6-14(16)10-13/h3,5-6,10,12,15,17H,2,4,7-9,11H2,1H3. The minimum atomic E-state index is 0.721. The van der Waals surface area contributed by atoms with E-state index in [2.05, 4.69) is 52.4 Å². The molecule has 17 heavy (non-hydrogen) atoms. The van der Waals surface area contributed by atoms with Crippen molar-refractivity contribution in [3.8, 4) is 0 Å². The largest absolute Gasteiger partial charge is 0.310 e. The Morgan fingerprint density at radius 1 is 1.24 bits per heavy atom. The fourth-order valence-corrected chi connectivity index (χ4v) is 3.05. The highest BCUT2D eigenvalue weighted by Crippen LogP contribution is 2.23. The van der Waals surface area contributed by atoms with E-state index in [0.29, 0.717) is 0 Å². The summed E-state index contributed by atoms with van der Waals surface area (Å²) in [4.78, 5) is 0. The molecule has 1 aromatic rings. The maximum atomic E-state index is 3.70. The van der Waals surface area contributed by atoms with Crippen LogP contribution in [-0.2, 0) is 6.54 Å². The molecule has 0 aromatic heterocycles. The quantitative estimate of drug-likeness (QED) is 0.809. The van der Waals surface area contributed by atoms with Gasteiger partial charge in [0.2, 0.25) is 0 Å². The van der Waals surface area contributed by atoms with Gasteiger partial charge in [0.1, 0.15) is 0 Å². The van der Waals surface area contributed by atoms with Crippen molar-refractivity contribution in [1.82, 2.24) is 5.32 Å². The van der Waals surface area contributed by atoms with E-state index >= 15 is 0 Å². The van der Waals surface area contributed by atoms with Crippen LogP contribution >= 0.6 is 15.9 Å². The number of nitrogens with one attached hydrogen (secondary N) is 1. The smallest absolute Gasteiger partial charge is 0.0208 e. The lowest BCUT2D eigenvalue weighted by Gasteiger charge is -2.16. The van der Waals surface area contributed by atoms with Crippen LogP contribution in [0.25, 0.3) is 0 Å². The third kappa shape index (κ3) is 4.44. The minimum Gasteiger partial charge on any atom is -0.310 e. The van der Waals surface area contributed by atoms with Gasteiger partial charge in [0, 0.05) is 17.1 Å². The van der Waals surface area contributed by atoms with Crippen LogP contribution < -0.4 is 5.32 Å². The van der Waals surface area contributed by atoms with Crippen molar-refractivity contribution in [1.29, 1.82) is 0 Å². The summed E-state index contributed by atoms with van der Waals surface area (Å²) in [6.07, 6.45) is 6.87. The van der Waals surface area contributed by atoms with E-state index in [1.165, 1.54) is 42.1 Å². The molecule has 2 atom stereocenters. The van der Waals surface area contributed by atoms with Crippen molar-refractivity contribution in [3.63, 3.8) is 0 Å². The summed E-state index contributed by atoms with van der Waals surface area (Å²) < 4.78 is 1.17. The Balaban J connectivity index is 1.81. The Morgan fingerprint density at radius 2 is 2.12 bits per heavy atom. The normalized spacial score (nSPS) is 25.5. The summed E-state index contributed by atoms with van der Waals surface area (Å²) in [6.45, 7) is 3.38. The molecule has 1 aromatic carbocycles. The SMILES string of the molecule is CC1CCCC(NCc2cccc(Br)c2)CC1. The van der Waals surface area contributed by atoms with E-state index in [1.807, 2.05) is 0 Å². The van der Waals surface area contributed by atoms with Crippen molar-refractivity contribution < 1.29 is 0 Å². The lowest BCUT2D eigenvalue weighted by Crippen LogP contribution is -2.27. The third-order valence-electron chi connectivity index (χ3n) is 3.74. The first kappa shape index (κ1) is 13.1. The van der Waals surface area contributed by atoms with E-state index in [0.717, 1.165) is 18.5 Å². The van der Waals surface area contributed by atoms with Crippen LogP contribution in [0.4, 0.5) is 0 Å². The topological polar surface area (TPSA) is 12.0 Å². The molecule has 1 N–H and O–H groups in total. The monoisotopic (exact) mass is 295 g/mol. The third-order valence-corrected chi connectivity index (χ3v) is 4.23. The average molecular weight is 296 g/mol. The molecule has 0 bridgehead atoms. The molecule has 0 radical (unpaired) electrons. The summed E-state index contributed by atoms with van der Waals surface area (Å²) in [6, 6.07) is 9.30. The predicted octanol–water partition coefficient (Wildman–Crippen LogP) is 4.51. The van der Waals surface area contributed by atoms with Crippen molar-refractivity contribution in [3.05, 3.63) is 34.3 Å². The highest BCUT2D eigenvalue weighted by molar-refractivity contribution is 9.10. The molecular weight excluding hydrogens is 274 g/mol. The van der Waals surface area contributed by atoms with Gasteiger partial charge in [-0.1, -0.05) is 47.8 Å². The summed E-state index contributed by atoms with van der Waals surface area (Å²) in [5, 5.41) is 3.70. The zero-order chi connectivity index (χ0) is 12.1. The molecule has 1 fully saturated rings. The van der Waals surface area contributed by atoms with Gasteiger partial charge in [-0.3, -0.25) is 0 Å². The van der Waals surface area contributed by atoms with Crippen LogP contribution in [0, 0.1) is 5.92 Å². The first-order valence-corrected chi connectivity index (χ1v) is 7.51. The Kier molecular flexibility index (Phi) is 5.05. The van der Waals surface area contributed by atoms with Gasteiger partial charge in [0.15, 0.2) is 0 Å². The summed E-state index contributed by atoms with van der Waals surface area (Å²) >= 11 is 3.52. The first-order valence-electron chi connectivity index (χ1n) is 6.72. The van der Waals surface area contributed by atoms with Crippen LogP contribution in [0.5, 0.6) is 0 Å². The van der Waals surface area contributed by atoms with Crippen molar-refractivity contribution in [2.45, 2.75) is 51.6 Å². The van der Waals surface area contributed by atoms with Gasteiger partial charge in [0.25, 0.3) is 0 Å². The summed E-state index contributed by atoms with van der Waals surface area (Å²) in [5.41, 5.74) is 1.37. The number of halogens is 1. The first-order chi connectivity index (χ1) is 8.24. The van der Waals surface area contributed by atoms with Crippen LogP contribution in [-0.4, -0.2) is 6.04 Å². The molecule has 1 aliphatic rings. The predicted molar refractivity (Wildman–Crippen MR) is 77.0 cm³/mol. The van der Waals surface area contributed by atoms with E-state index in [4.69, 9.17) is 0 Å². The molecule has 0 heterocycles. The van der Waals surface area contributed by atoms with Crippen molar-refractivity contribution >= 4 is 15.9 Å². The van der Waals surface area contributed by atoms with E-state index in [-0.39, 0.29) is 0 Å². The lowest BCUT2D eigenvalue weighted by atomic mass is 10.0. The Bertz CT molecular complexity index is 351. The van der Waals surface area contributed by atoms with Gasteiger partial charge in [-0.05, 0) is 42.9 Å². The van der Waals surface area contributed by atoms with Gasteiger partial charge >= 0.3 is 0 Å². The van der Waals surface area contributed by atoms with Crippen molar-refractivity contribution in [2.24, 2.45) is 5.92 Å². The molecule has 0 aliphatic heterocycles. The number of rotatable bonds is 3. The second-order valence-electron chi connectivity index (χ2n) is 5.32.